The summed E-state index contributed by atoms with van der Waals surface area (Å²) in [6, 6.07) is 1.13. The minimum absolute atomic E-state index is 0.783. The van der Waals surface area contributed by atoms with Crippen molar-refractivity contribution >= 4 is 28.4 Å². The molecule has 17 heavy (non-hydrogen) atoms. The third-order valence-electron chi connectivity index (χ3n) is 2.35. The van der Waals surface area contributed by atoms with Crippen molar-refractivity contribution in [3.05, 3.63) is 0 Å². The van der Waals surface area contributed by atoms with E-state index in [1.807, 2.05) is 0 Å². The van der Waals surface area contributed by atoms with Crippen LogP contribution in [0.15, 0.2) is 0 Å². The Morgan fingerprint density at radius 2 is 1.47 bits per heavy atom. The second-order valence-electron chi connectivity index (χ2n) is 5.72. The summed E-state index contributed by atoms with van der Waals surface area (Å²) in [6.07, 6.45) is 1.23. The number of hydrogen-bond acceptors (Lipinski definition) is 3. The highest BCUT2D eigenvalue weighted by molar-refractivity contribution is 8.00. The van der Waals surface area contributed by atoms with Crippen molar-refractivity contribution in [1.29, 1.82) is 0 Å². The maximum absolute atomic E-state index is 5.83. The number of thioether (sulfide) groups is 1. The van der Waals surface area contributed by atoms with Crippen molar-refractivity contribution in [2.45, 2.75) is 52.5 Å². The first-order chi connectivity index (χ1) is 7.83. The molecule has 0 spiro atoms. The Bertz CT molecular complexity index is 189. The average molecular weight is 295 g/mol. The Morgan fingerprint density at radius 3 is 1.88 bits per heavy atom. The SMILES string of the molecule is CCO[Si](C)(CCCSC[Si](C)(C)C)OCC. The lowest BCUT2D eigenvalue weighted by atomic mass is 10.6. The minimum atomic E-state index is -1.85. The summed E-state index contributed by atoms with van der Waals surface area (Å²) >= 11 is 2.11. The molecule has 0 radical (unpaired) electrons. The molecule has 0 amide bonds. The van der Waals surface area contributed by atoms with Crippen molar-refractivity contribution in [3.63, 3.8) is 0 Å². The monoisotopic (exact) mass is 294 g/mol. The molecule has 0 aromatic rings. The maximum atomic E-state index is 5.83. The van der Waals surface area contributed by atoms with Gasteiger partial charge in [-0.15, -0.1) is 0 Å². The fraction of sp³-hybridized carbons (Fsp3) is 1.00. The van der Waals surface area contributed by atoms with Crippen LogP contribution in [0.25, 0.3) is 0 Å². The van der Waals surface area contributed by atoms with Gasteiger partial charge in [-0.3, -0.25) is 0 Å². The zero-order chi connectivity index (χ0) is 13.4. The molecule has 0 heterocycles. The fourth-order valence-electron chi connectivity index (χ4n) is 1.67. The minimum Gasteiger partial charge on any atom is -0.395 e. The van der Waals surface area contributed by atoms with Gasteiger partial charge in [-0.2, -0.15) is 11.8 Å². The molecule has 0 rings (SSSR count). The second-order valence-corrected chi connectivity index (χ2v) is 16.2. The van der Waals surface area contributed by atoms with Crippen LogP contribution in [0.3, 0.4) is 0 Å². The molecule has 104 valence electrons. The van der Waals surface area contributed by atoms with Crippen LogP contribution in [0.1, 0.15) is 20.3 Å². The molecule has 2 nitrogen and oxygen atoms in total. The van der Waals surface area contributed by atoms with Gasteiger partial charge in [-0.25, -0.2) is 0 Å². The summed E-state index contributed by atoms with van der Waals surface area (Å²) in [5.74, 6) is 1.26. The molecule has 0 atom stereocenters. The zero-order valence-electron chi connectivity index (χ0n) is 12.5. The summed E-state index contributed by atoms with van der Waals surface area (Å²) < 4.78 is 11.7. The molecule has 0 saturated heterocycles. The third kappa shape index (κ3) is 10.3. The predicted molar refractivity (Wildman–Crippen MR) is 85.0 cm³/mol. The Morgan fingerprint density at radius 1 is 0.941 bits per heavy atom. The van der Waals surface area contributed by atoms with Gasteiger partial charge in [0.25, 0.3) is 0 Å². The van der Waals surface area contributed by atoms with E-state index < -0.39 is 16.6 Å². The molecule has 0 bridgehead atoms. The zero-order valence-corrected chi connectivity index (χ0v) is 15.3. The normalized spacial score (nSPS) is 13.1. The first-order valence-corrected chi connectivity index (χ1v) is 14.1. The van der Waals surface area contributed by atoms with Gasteiger partial charge in [0.05, 0.1) is 8.07 Å². The van der Waals surface area contributed by atoms with Crippen molar-refractivity contribution < 1.29 is 8.85 Å². The summed E-state index contributed by atoms with van der Waals surface area (Å²) in [6.45, 7) is 15.2. The molecular formula is C12H30O2SSi2. The summed E-state index contributed by atoms with van der Waals surface area (Å²) in [4.78, 5) is 0. The second kappa shape index (κ2) is 8.74. The highest BCUT2D eigenvalue weighted by Crippen LogP contribution is 2.19. The fourth-order valence-corrected chi connectivity index (χ4v) is 7.71. The van der Waals surface area contributed by atoms with Gasteiger partial charge in [-0.05, 0) is 44.0 Å². The lowest BCUT2D eigenvalue weighted by Gasteiger charge is -2.26. The smallest absolute Gasteiger partial charge is 0.334 e. The Hall–Kier alpha value is 0.704. The highest BCUT2D eigenvalue weighted by atomic mass is 32.2. The molecule has 0 N–H and O–H groups in total. The number of rotatable bonds is 10. The predicted octanol–water partition coefficient (Wildman–Crippen LogP) is 4.13. The Labute approximate surface area is 114 Å². The first-order valence-electron chi connectivity index (χ1n) is 6.68. The Balaban J connectivity index is 3.75. The van der Waals surface area contributed by atoms with Crippen LogP contribution in [0.2, 0.25) is 32.2 Å². The van der Waals surface area contributed by atoms with Crippen LogP contribution in [0, 0.1) is 0 Å². The molecule has 0 aliphatic carbocycles. The van der Waals surface area contributed by atoms with E-state index in [0.717, 1.165) is 19.3 Å². The lowest BCUT2D eigenvalue weighted by Crippen LogP contribution is -2.38. The van der Waals surface area contributed by atoms with Crippen molar-refractivity contribution in [2.24, 2.45) is 0 Å². The van der Waals surface area contributed by atoms with E-state index in [1.54, 1.807) is 0 Å². The quantitative estimate of drug-likeness (QED) is 0.446. The average Bonchev–Trinajstić information content (AvgIpc) is 2.16. The first kappa shape index (κ1) is 17.7. The van der Waals surface area contributed by atoms with Crippen LogP contribution in [-0.4, -0.2) is 41.0 Å². The van der Waals surface area contributed by atoms with Crippen LogP contribution in [0.5, 0.6) is 0 Å². The van der Waals surface area contributed by atoms with E-state index >= 15 is 0 Å². The summed E-state index contributed by atoms with van der Waals surface area (Å²) in [7, 11) is -2.72. The van der Waals surface area contributed by atoms with Crippen molar-refractivity contribution in [2.75, 3.05) is 24.3 Å². The van der Waals surface area contributed by atoms with Gasteiger partial charge in [-0.1, -0.05) is 19.6 Å². The maximum Gasteiger partial charge on any atom is 0.334 e. The third-order valence-corrected chi connectivity index (χ3v) is 10.3. The van der Waals surface area contributed by atoms with Crippen molar-refractivity contribution in [3.8, 4) is 0 Å². The van der Waals surface area contributed by atoms with Gasteiger partial charge < -0.3 is 8.85 Å². The molecule has 0 fully saturated rings. The highest BCUT2D eigenvalue weighted by Gasteiger charge is 2.29. The van der Waals surface area contributed by atoms with Crippen LogP contribution in [0.4, 0.5) is 0 Å². The van der Waals surface area contributed by atoms with Crippen LogP contribution < -0.4 is 0 Å². The molecule has 0 saturated carbocycles. The number of hydrogen-bond donors (Lipinski definition) is 0. The largest absolute Gasteiger partial charge is 0.395 e. The van der Waals surface area contributed by atoms with Crippen molar-refractivity contribution in [1.82, 2.24) is 0 Å². The summed E-state index contributed by atoms with van der Waals surface area (Å²) in [5.41, 5.74) is 0. The van der Waals surface area contributed by atoms with E-state index in [4.69, 9.17) is 8.85 Å². The molecule has 0 unspecified atom stereocenters. The van der Waals surface area contributed by atoms with E-state index in [2.05, 4.69) is 51.8 Å². The van der Waals surface area contributed by atoms with Gasteiger partial charge >= 0.3 is 8.56 Å². The van der Waals surface area contributed by atoms with Gasteiger partial charge in [0.15, 0.2) is 0 Å². The van der Waals surface area contributed by atoms with E-state index in [0.29, 0.717) is 0 Å². The molecular weight excluding hydrogens is 264 g/mol. The van der Waals surface area contributed by atoms with Crippen LogP contribution >= 0.6 is 11.8 Å². The molecule has 5 heteroatoms. The molecule has 0 aliphatic rings. The van der Waals surface area contributed by atoms with E-state index in [-0.39, 0.29) is 0 Å². The van der Waals surface area contributed by atoms with E-state index in [1.165, 1.54) is 17.5 Å². The summed E-state index contributed by atoms with van der Waals surface area (Å²) in [5, 5.41) is 1.37. The van der Waals surface area contributed by atoms with Gasteiger partial charge in [0, 0.05) is 13.2 Å². The van der Waals surface area contributed by atoms with Gasteiger partial charge in [0.2, 0.25) is 0 Å². The topological polar surface area (TPSA) is 18.5 Å². The molecule has 0 aromatic heterocycles. The Kier molecular flexibility index (Phi) is 9.11. The molecule has 0 aliphatic heterocycles. The lowest BCUT2D eigenvalue weighted by molar-refractivity contribution is 0.189. The standard InChI is InChI=1S/C12H30O2SSi2/c1-7-13-17(6,14-8-2)11-9-10-15-12-16(3,4)5/h7-12H2,1-6H3. The van der Waals surface area contributed by atoms with Crippen LogP contribution in [-0.2, 0) is 8.85 Å². The van der Waals surface area contributed by atoms with Gasteiger partial charge in [0.1, 0.15) is 0 Å². The molecule has 0 aromatic carbocycles. The van der Waals surface area contributed by atoms with E-state index in [9.17, 15) is 0 Å².